The summed E-state index contributed by atoms with van der Waals surface area (Å²) in [5, 5.41) is 27.9. The SMILES string of the molecule is C/C=C/CC[C@H](O)C[C@](C)(O)CCO. The molecule has 0 aliphatic carbocycles. The van der Waals surface area contributed by atoms with Gasteiger partial charge in [0.2, 0.25) is 0 Å². The molecule has 84 valence electrons. The summed E-state index contributed by atoms with van der Waals surface area (Å²) in [4.78, 5) is 0. The van der Waals surface area contributed by atoms with Gasteiger partial charge in [-0.2, -0.15) is 0 Å². The van der Waals surface area contributed by atoms with Gasteiger partial charge in [-0.3, -0.25) is 0 Å². The minimum absolute atomic E-state index is 0.0470. The zero-order valence-electron chi connectivity index (χ0n) is 9.11. The van der Waals surface area contributed by atoms with E-state index in [0.29, 0.717) is 19.3 Å². The summed E-state index contributed by atoms with van der Waals surface area (Å²) in [5.41, 5.74) is -0.954. The van der Waals surface area contributed by atoms with Crippen LogP contribution in [0.2, 0.25) is 0 Å². The van der Waals surface area contributed by atoms with Crippen molar-refractivity contribution in [3.63, 3.8) is 0 Å². The van der Waals surface area contributed by atoms with E-state index < -0.39 is 11.7 Å². The van der Waals surface area contributed by atoms with Crippen LogP contribution in [-0.4, -0.2) is 33.6 Å². The van der Waals surface area contributed by atoms with Crippen LogP contribution in [0.25, 0.3) is 0 Å². The minimum Gasteiger partial charge on any atom is -0.396 e. The van der Waals surface area contributed by atoms with Crippen LogP contribution in [0.5, 0.6) is 0 Å². The highest BCUT2D eigenvalue weighted by Crippen LogP contribution is 2.18. The molecule has 0 unspecified atom stereocenters. The first-order chi connectivity index (χ1) is 6.52. The predicted molar refractivity (Wildman–Crippen MR) is 57.0 cm³/mol. The van der Waals surface area contributed by atoms with Gasteiger partial charge in [0.25, 0.3) is 0 Å². The fraction of sp³-hybridized carbons (Fsp3) is 0.818. The lowest BCUT2D eigenvalue weighted by atomic mass is 9.93. The maximum Gasteiger partial charge on any atom is 0.0666 e. The van der Waals surface area contributed by atoms with E-state index in [1.165, 1.54) is 0 Å². The summed E-state index contributed by atoms with van der Waals surface area (Å²) in [6.45, 7) is 3.53. The third-order valence-corrected chi connectivity index (χ3v) is 2.23. The molecule has 0 radical (unpaired) electrons. The highest BCUT2D eigenvalue weighted by atomic mass is 16.3. The van der Waals surface area contributed by atoms with Gasteiger partial charge in [0.1, 0.15) is 0 Å². The summed E-state index contributed by atoms with van der Waals surface area (Å²) in [6.07, 6.45) is 5.56. The molecule has 0 aliphatic rings. The molecule has 3 nitrogen and oxygen atoms in total. The average Bonchev–Trinajstić information content (AvgIpc) is 2.03. The maximum absolute atomic E-state index is 9.70. The Bertz CT molecular complexity index is 164. The van der Waals surface area contributed by atoms with Gasteiger partial charge in [-0.25, -0.2) is 0 Å². The molecule has 0 saturated heterocycles. The van der Waals surface area contributed by atoms with E-state index in [4.69, 9.17) is 5.11 Å². The Morgan fingerprint density at radius 1 is 1.43 bits per heavy atom. The van der Waals surface area contributed by atoms with Gasteiger partial charge in [0, 0.05) is 13.0 Å². The third kappa shape index (κ3) is 7.06. The average molecular weight is 202 g/mol. The zero-order chi connectivity index (χ0) is 11.0. The molecular weight excluding hydrogens is 180 g/mol. The van der Waals surface area contributed by atoms with Crippen LogP contribution in [0, 0.1) is 0 Å². The Labute approximate surface area is 86.1 Å². The normalized spacial score (nSPS) is 18.4. The van der Waals surface area contributed by atoms with Crippen molar-refractivity contribution in [1.29, 1.82) is 0 Å². The molecule has 0 bridgehead atoms. The molecule has 0 fully saturated rings. The van der Waals surface area contributed by atoms with E-state index in [0.717, 1.165) is 6.42 Å². The lowest BCUT2D eigenvalue weighted by molar-refractivity contribution is -0.0145. The Morgan fingerprint density at radius 3 is 2.57 bits per heavy atom. The third-order valence-electron chi connectivity index (χ3n) is 2.23. The van der Waals surface area contributed by atoms with Crippen molar-refractivity contribution in [2.75, 3.05) is 6.61 Å². The molecule has 3 heteroatoms. The Balaban J connectivity index is 3.74. The van der Waals surface area contributed by atoms with Crippen molar-refractivity contribution in [1.82, 2.24) is 0 Å². The molecule has 0 saturated carbocycles. The second-order valence-electron chi connectivity index (χ2n) is 3.97. The Hall–Kier alpha value is -0.380. The zero-order valence-corrected chi connectivity index (χ0v) is 9.11. The topological polar surface area (TPSA) is 60.7 Å². The molecule has 0 aliphatic heterocycles. The van der Waals surface area contributed by atoms with Gasteiger partial charge in [-0.15, -0.1) is 0 Å². The van der Waals surface area contributed by atoms with Crippen molar-refractivity contribution in [2.24, 2.45) is 0 Å². The van der Waals surface area contributed by atoms with E-state index in [2.05, 4.69) is 0 Å². The van der Waals surface area contributed by atoms with Gasteiger partial charge < -0.3 is 15.3 Å². The molecule has 0 heterocycles. The smallest absolute Gasteiger partial charge is 0.0666 e. The van der Waals surface area contributed by atoms with Crippen molar-refractivity contribution < 1.29 is 15.3 Å². The van der Waals surface area contributed by atoms with Crippen LogP contribution in [0.15, 0.2) is 12.2 Å². The highest BCUT2D eigenvalue weighted by Gasteiger charge is 2.23. The van der Waals surface area contributed by atoms with E-state index in [9.17, 15) is 10.2 Å². The quantitative estimate of drug-likeness (QED) is 0.544. The molecule has 0 spiro atoms. The second-order valence-corrected chi connectivity index (χ2v) is 3.97. The van der Waals surface area contributed by atoms with Gasteiger partial charge in [0.15, 0.2) is 0 Å². The van der Waals surface area contributed by atoms with Crippen LogP contribution in [0.3, 0.4) is 0 Å². The van der Waals surface area contributed by atoms with Gasteiger partial charge in [0.05, 0.1) is 11.7 Å². The van der Waals surface area contributed by atoms with Gasteiger partial charge in [-0.1, -0.05) is 12.2 Å². The number of aliphatic hydroxyl groups excluding tert-OH is 2. The Kier molecular flexibility index (Phi) is 6.79. The number of hydrogen-bond acceptors (Lipinski definition) is 3. The first kappa shape index (κ1) is 13.6. The molecule has 0 aromatic carbocycles. The number of rotatable bonds is 7. The fourth-order valence-electron chi connectivity index (χ4n) is 1.41. The lowest BCUT2D eigenvalue weighted by Gasteiger charge is -2.25. The maximum atomic E-state index is 9.70. The van der Waals surface area contributed by atoms with E-state index in [-0.39, 0.29) is 6.61 Å². The highest BCUT2D eigenvalue weighted by molar-refractivity contribution is 4.81. The molecule has 2 atom stereocenters. The van der Waals surface area contributed by atoms with Crippen LogP contribution in [-0.2, 0) is 0 Å². The first-order valence-corrected chi connectivity index (χ1v) is 5.14. The largest absolute Gasteiger partial charge is 0.396 e. The van der Waals surface area contributed by atoms with E-state index in [1.54, 1.807) is 6.92 Å². The van der Waals surface area contributed by atoms with Crippen LogP contribution in [0.1, 0.15) is 39.5 Å². The van der Waals surface area contributed by atoms with Crippen LogP contribution in [0.4, 0.5) is 0 Å². The van der Waals surface area contributed by atoms with E-state index >= 15 is 0 Å². The van der Waals surface area contributed by atoms with Gasteiger partial charge in [-0.05, 0) is 33.1 Å². The minimum atomic E-state index is -0.954. The molecule has 0 aromatic rings. The number of aliphatic hydroxyl groups is 3. The number of allylic oxidation sites excluding steroid dienone is 2. The summed E-state index contributed by atoms with van der Waals surface area (Å²) in [7, 11) is 0. The molecule has 0 rings (SSSR count). The number of hydrogen-bond donors (Lipinski definition) is 3. The van der Waals surface area contributed by atoms with Crippen molar-refractivity contribution in [3.05, 3.63) is 12.2 Å². The van der Waals surface area contributed by atoms with Crippen molar-refractivity contribution in [3.8, 4) is 0 Å². The standard InChI is InChI=1S/C11H22O3/c1-3-4-5-6-10(13)9-11(2,14)7-8-12/h3-4,10,12-14H,5-9H2,1-2H3/b4-3+/t10-,11+/m0/s1. The molecule has 14 heavy (non-hydrogen) atoms. The second kappa shape index (κ2) is 6.98. The van der Waals surface area contributed by atoms with Crippen molar-refractivity contribution >= 4 is 0 Å². The molecular formula is C11H22O3. The monoisotopic (exact) mass is 202 g/mol. The van der Waals surface area contributed by atoms with Gasteiger partial charge >= 0.3 is 0 Å². The van der Waals surface area contributed by atoms with Crippen molar-refractivity contribution in [2.45, 2.75) is 51.2 Å². The molecule has 3 N–H and O–H groups in total. The first-order valence-electron chi connectivity index (χ1n) is 5.14. The predicted octanol–water partition coefficient (Wildman–Crippen LogP) is 1.23. The van der Waals surface area contributed by atoms with Crippen LogP contribution < -0.4 is 0 Å². The molecule has 0 amide bonds. The molecule has 0 aromatic heterocycles. The summed E-state index contributed by atoms with van der Waals surface area (Å²) >= 11 is 0. The fourth-order valence-corrected chi connectivity index (χ4v) is 1.41. The van der Waals surface area contributed by atoms with E-state index in [1.807, 2.05) is 19.1 Å². The lowest BCUT2D eigenvalue weighted by Crippen LogP contribution is -2.31. The summed E-state index contributed by atoms with van der Waals surface area (Å²) < 4.78 is 0. The summed E-state index contributed by atoms with van der Waals surface area (Å²) in [6, 6.07) is 0. The Morgan fingerprint density at radius 2 is 2.07 bits per heavy atom. The summed E-state index contributed by atoms with van der Waals surface area (Å²) in [5.74, 6) is 0. The van der Waals surface area contributed by atoms with Crippen LogP contribution >= 0.6 is 0 Å².